The zero-order valence-electron chi connectivity index (χ0n) is 7.64. The Labute approximate surface area is 85.5 Å². The molecule has 12 heavy (non-hydrogen) atoms. The molecule has 0 amide bonds. The summed E-state index contributed by atoms with van der Waals surface area (Å²) >= 11 is 0. The highest BCUT2D eigenvalue weighted by Gasteiger charge is 2.54. The van der Waals surface area contributed by atoms with Crippen molar-refractivity contribution in [1.29, 1.82) is 0 Å². The van der Waals surface area contributed by atoms with E-state index >= 15 is 0 Å². The Morgan fingerprint density at radius 2 is 1.17 bits per heavy atom. The lowest BCUT2D eigenvalue weighted by molar-refractivity contribution is -0.937. The Hall–Kier alpha value is 0.440. The van der Waals surface area contributed by atoms with Crippen LogP contribution in [0.25, 0.3) is 0 Å². The zero-order valence-corrected chi connectivity index (χ0v) is 9.22. The third-order valence-electron chi connectivity index (χ3n) is 4.52. The van der Waals surface area contributed by atoms with E-state index in [1.54, 1.807) is 30.2 Å². The summed E-state index contributed by atoms with van der Waals surface area (Å²) in [5.74, 6) is 0. The van der Waals surface area contributed by atoms with Gasteiger partial charge in [0.15, 0.2) is 0 Å². The van der Waals surface area contributed by atoms with Gasteiger partial charge in [-0.05, 0) is 0 Å². The zero-order chi connectivity index (χ0) is 7.31. The van der Waals surface area contributed by atoms with Crippen LogP contribution in [0.3, 0.4) is 0 Å². The van der Waals surface area contributed by atoms with Crippen molar-refractivity contribution >= 4 is 0 Å². The van der Waals surface area contributed by atoms with Crippen molar-refractivity contribution in [3.05, 3.63) is 0 Å². The van der Waals surface area contributed by atoms with Gasteiger partial charge >= 0.3 is 0 Å². The monoisotopic (exact) mass is 231 g/mol. The smallest absolute Gasteiger partial charge is 0.0897 e. The molecular weight excluding hydrogens is 214 g/mol. The molecule has 0 aromatic heterocycles. The molecule has 3 rings (SSSR count). The van der Waals surface area contributed by atoms with Crippen molar-refractivity contribution in [2.24, 2.45) is 0 Å². The molecule has 0 aromatic rings. The van der Waals surface area contributed by atoms with Gasteiger partial charge in [-0.3, -0.25) is 0 Å². The lowest BCUT2D eigenvalue weighted by Crippen LogP contribution is -3.00. The van der Waals surface area contributed by atoms with Crippen LogP contribution in [0.15, 0.2) is 0 Å². The summed E-state index contributed by atoms with van der Waals surface area (Å²) in [6, 6.07) is 2.23. The van der Waals surface area contributed by atoms with Crippen molar-refractivity contribution in [1.82, 2.24) is 0 Å². The van der Waals surface area contributed by atoms with Crippen LogP contribution in [-0.2, 0) is 0 Å². The van der Waals surface area contributed by atoms with Gasteiger partial charge in [-0.25, -0.2) is 0 Å². The molecule has 3 aliphatic rings. The molecule has 70 valence electrons. The first kappa shape index (κ1) is 9.01. The molecule has 3 aliphatic heterocycles. The summed E-state index contributed by atoms with van der Waals surface area (Å²) in [5.41, 5.74) is 0. The molecule has 3 fully saturated rings. The second kappa shape index (κ2) is 2.98. The van der Waals surface area contributed by atoms with E-state index in [0.29, 0.717) is 0 Å². The molecule has 0 aliphatic carbocycles. The number of halogens is 1. The van der Waals surface area contributed by atoms with Crippen LogP contribution in [0.2, 0.25) is 0 Å². The first-order chi connectivity index (χ1) is 5.42. The van der Waals surface area contributed by atoms with Gasteiger partial charge in [-0.2, -0.15) is 0 Å². The molecule has 0 saturated carbocycles. The average molecular weight is 232 g/mol. The third-order valence-corrected chi connectivity index (χ3v) is 4.52. The van der Waals surface area contributed by atoms with Gasteiger partial charge in [0.2, 0.25) is 0 Å². The molecule has 3 heterocycles. The largest absolute Gasteiger partial charge is 1.00 e. The maximum Gasteiger partial charge on any atom is 0.0897 e. The summed E-state index contributed by atoms with van der Waals surface area (Å²) < 4.78 is 1.58. The van der Waals surface area contributed by atoms with E-state index in [1.165, 1.54) is 25.9 Å². The van der Waals surface area contributed by atoms with Crippen LogP contribution in [0.5, 0.6) is 0 Å². The molecule has 0 N–H and O–H groups in total. The van der Waals surface area contributed by atoms with E-state index < -0.39 is 0 Å². The topological polar surface area (TPSA) is 0 Å². The van der Waals surface area contributed by atoms with Gasteiger partial charge in [0, 0.05) is 38.5 Å². The summed E-state index contributed by atoms with van der Waals surface area (Å²) in [7, 11) is 0. The lowest BCUT2D eigenvalue weighted by Gasteiger charge is -2.35. The van der Waals surface area contributed by atoms with E-state index in [1.807, 2.05) is 0 Å². The molecule has 3 saturated heterocycles. The summed E-state index contributed by atoms with van der Waals surface area (Å²) in [4.78, 5) is 0. The number of nitrogens with zero attached hydrogens (tertiary/aromatic N) is 1. The van der Waals surface area contributed by atoms with E-state index in [-0.39, 0.29) is 17.0 Å². The van der Waals surface area contributed by atoms with Crippen molar-refractivity contribution in [2.45, 2.75) is 50.6 Å². The highest BCUT2D eigenvalue weighted by Crippen LogP contribution is 2.47. The molecule has 0 aromatic carbocycles. The fourth-order valence-corrected chi connectivity index (χ4v) is 4.04. The number of rotatable bonds is 0. The average Bonchev–Trinajstić information content (AvgIpc) is 2.72. The standard InChI is InChI=1S/C10H18N.BrH/c1-2-8-11(7-1)9-3-4-10(11)6-5-9;/h9-10H,1-8H2;1H/q+1;/p-1. The fraction of sp³-hybridized carbons (Fsp3) is 1.00. The Morgan fingerprint density at radius 1 is 0.750 bits per heavy atom. The van der Waals surface area contributed by atoms with Gasteiger partial charge in [0.1, 0.15) is 0 Å². The quantitative estimate of drug-likeness (QED) is 0.466. The second-order valence-electron chi connectivity index (χ2n) is 4.72. The van der Waals surface area contributed by atoms with Crippen molar-refractivity contribution in [2.75, 3.05) is 13.1 Å². The van der Waals surface area contributed by atoms with Crippen LogP contribution in [0.1, 0.15) is 38.5 Å². The summed E-state index contributed by atoms with van der Waals surface area (Å²) in [5, 5.41) is 0. The van der Waals surface area contributed by atoms with Crippen molar-refractivity contribution in [3.63, 3.8) is 0 Å². The third kappa shape index (κ3) is 0.941. The van der Waals surface area contributed by atoms with Gasteiger partial charge < -0.3 is 21.5 Å². The molecule has 1 nitrogen and oxygen atoms in total. The second-order valence-corrected chi connectivity index (χ2v) is 4.72. The molecule has 0 atom stereocenters. The first-order valence-corrected chi connectivity index (χ1v) is 5.28. The molecule has 1 spiro atoms. The van der Waals surface area contributed by atoms with Gasteiger partial charge in [-0.1, -0.05) is 0 Å². The maximum absolute atomic E-state index is 1.58. The Balaban J connectivity index is 0.000000563. The SMILES string of the molecule is C1CC[N+]2(C1)C1CCC2CC1.[Br-]. The van der Waals surface area contributed by atoms with Crippen LogP contribution in [-0.4, -0.2) is 29.7 Å². The number of quaternary nitrogens is 1. The van der Waals surface area contributed by atoms with E-state index in [0.717, 1.165) is 12.1 Å². The van der Waals surface area contributed by atoms with E-state index in [9.17, 15) is 0 Å². The van der Waals surface area contributed by atoms with Crippen LogP contribution >= 0.6 is 0 Å². The molecule has 0 unspecified atom stereocenters. The minimum atomic E-state index is 0. The minimum Gasteiger partial charge on any atom is -1.00 e. The Kier molecular flexibility index (Phi) is 2.24. The maximum atomic E-state index is 1.58. The number of hydrogen-bond acceptors (Lipinski definition) is 0. The van der Waals surface area contributed by atoms with Gasteiger partial charge in [0.25, 0.3) is 0 Å². The Bertz CT molecular complexity index is 153. The molecular formula is C10H18BrN. The first-order valence-electron chi connectivity index (χ1n) is 5.28. The van der Waals surface area contributed by atoms with Gasteiger partial charge in [-0.15, -0.1) is 0 Å². The highest BCUT2D eigenvalue weighted by molar-refractivity contribution is 4.86. The molecule has 0 radical (unpaired) electrons. The molecule has 2 bridgehead atoms. The summed E-state index contributed by atoms with van der Waals surface area (Å²) in [6.45, 7) is 3.07. The lowest BCUT2D eigenvalue weighted by atomic mass is 10.0. The summed E-state index contributed by atoms with van der Waals surface area (Å²) in [6.07, 6.45) is 9.28. The van der Waals surface area contributed by atoms with E-state index in [2.05, 4.69) is 0 Å². The van der Waals surface area contributed by atoms with Crippen LogP contribution in [0.4, 0.5) is 0 Å². The van der Waals surface area contributed by atoms with Crippen LogP contribution in [0, 0.1) is 0 Å². The minimum absolute atomic E-state index is 0. The Morgan fingerprint density at radius 3 is 1.58 bits per heavy atom. The van der Waals surface area contributed by atoms with Crippen LogP contribution < -0.4 is 17.0 Å². The number of hydrogen-bond donors (Lipinski definition) is 0. The van der Waals surface area contributed by atoms with Gasteiger partial charge in [0.05, 0.1) is 25.2 Å². The van der Waals surface area contributed by atoms with Crippen molar-refractivity contribution < 1.29 is 21.5 Å². The predicted octanol–water partition coefficient (Wildman–Crippen LogP) is -1.07. The normalized spacial score (nSPS) is 42.0. The molecule has 2 heteroatoms. The predicted molar refractivity (Wildman–Crippen MR) is 45.3 cm³/mol. The van der Waals surface area contributed by atoms with Crippen molar-refractivity contribution in [3.8, 4) is 0 Å². The van der Waals surface area contributed by atoms with E-state index in [4.69, 9.17) is 0 Å². The fourth-order valence-electron chi connectivity index (χ4n) is 4.04. The highest BCUT2D eigenvalue weighted by atomic mass is 79.9.